The van der Waals surface area contributed by atoms with Gasteiger partial charge in [0, 0.05) is 5.02 Å². The van der Waals surface area contributed by atoms with E-state index >= 15 is 0 Å². The number of fused-ring (bicyclic) bond motifs is 1. The van der Waals surface area contributed by atoms with Gasteiger partial charge in [-0.25, -0.2) is 4.79 Å². The van der Waals surface area contributed by atoms with Gasteiger partial charge in [-0.2, -0.15) is 0 Å². The number of carbonyl (C=O) groups is 4. The van der Waals surface area contributed by atoms with Crippen molar-refractivity contribution in [3.8, 4) is 5.75 Å². The summed E-state index contributed by atoms with van der Waals surface area (Å²) in [7, 11) is 1.46. The number of carbonyl (C=O) groups excluding carboxylic acids is 4. The summed E-state index contributed by atoms with van der Waals surface area (Å²) < 4.78 is 10.2. The Labute approximate surface area is 195 Å². The molecule has 2 aromatic carbocycles. The number of hydrogen-bond donors (Lipinski definition) is 1. The predicted octanol–water partition coefficient (Wildman–Crippen LogP) is 3.60. The molecule has 1 aliphatic carbocycles. The van der Waals surface area contributed by atoms with Crippen molar-refractivity contribution >= 4 is 46.7 Å². The highest BCUT2D eigenvalue weighted by molar-refractivity contribution is 6.31. The highest BCUT2D eigenvalue weighted by Crippen LogP contribution is 2.37. The van der Waals surface area contributed by atoms with Gasteiger partial charge in [0.1, 0.15) is 5.75 Å². The Morgan fingerprint density at radius 1 is 1.03 bits per heavy atom. The summed E-state index contributed by atoms with van der Waals surface area (Å²) in [5.41, 5.74) is 0.943. The lowest BCUT2D eigenvalue weighted by Gasteiger charge is -2.15. The smallest absolute Gasteiger partial charge is 0.338 e. The van der Waals surface area contributed by atoms with Crippen LogP contribution in [0.2, 0.25) is 5.02 Å². The maximum atomic E-state index is 12.7. The second kappa shape index (κ2) is 9.46. The average Bonchev–Trinajstić information content (AvgIpc) is 3.08. The van der Waals surface area contributed by atoms with Crippen molar-refractivity contribution in [3.05, 3.63) is 65.2 Å². The highest BCUT2D eigenvalue weighted by Gasteiger charge is 2.47. The number of halogens is 1. The number of allylic oxidation sites excluding steroid dienone is 2. The van der Waals surface area contributed by atoms with Crippen molar-refractivity contribution in [1.29, 1.82) is 0 Å². The molecule has 170 valence electrons. The van der Waals surface area contributed by atoms with Crippen molar-refractivity contribution < 1.29 is 28.7 Å². The van der Waals surface area contributed by atoms with Gasteiger partial charge in [-0.15, -0.1) is 0 Å². The first-order valence-electron chi connectivity index (χ1n) is 10.3. The summed E-state index contributed by atoms with van der Waals surface area (Å²) in [6.07, 6.45) is 4.96. The van der Waals surface area contributed by atoms with Crippen molar-refractivity contribution in [2.75, 3.05) is 23.9 Å². The van der Waals surface area contributed by atoms with Crippen LogP contribution >= 0.6 is 11.6 Å². The Morgan fingerprint density at radius 3 is 2.27 bits per heavy atom. The van der Waals surface area contributed by atoms with Gasteiger partial charge in [0.15, 0.2) is 6.61 Å². The molecule has 4 rings (SSSR count). The van der Waals surface area contributed by atoms with E-state index in [1.165, 1.54) is 42.3 Å². The fourth-order valence-electron chi connectivity index (χ4n) is 3.98. The third kappa shape index (κ3) is 4.61. The molecule has 33 heavy (non-hydrogen) atoms. The lowest BCUT2D eigenvalue weighted by Crippen LogP contribution is -2.30. The monoisotopic (exact) mass is 468 g/mol. The fraction of sp³-hybridized carbons (Fsp3) is 0.250. The second-order valence-electron chi connectivity index (χ2n) is 7.68. The minimum Gasteiger partial charge on any atom is -0.495 e. The number of nitrogens with one attached hydrogen (secondary N) is 1. The summed E-state index contributed by atoms with van der Waals surface area (Å²) in [5, 5.41) is 2.99. The van der Waals surface area contributed by atoms with E-state index in [0.29, 0.717) is 35.0 Å². The molecule has 2 aliphatic rings. The van der Waals surface area contributed by atoms with E-state index in [1.54, 1.807) is 12.1 Å². The number of rotatable bonds is 6. The number of hydrogen-bond acceptors (Lipinski definition) is 6. The zero-order chi connectivity index (χ0) is 23.5. The number of imide groups is 1. The van der Waals surface area contributed by atoms with Gasteiger partial charge in [-0.3, -0.25) is 19.3 Å². The van der Waals surface area contributed by atoms with Crippen LogP contribution in [0.5, 0.6) is 5.75 Å². The summed E-state index contributed by atoms with van der Waals surface area (Å²) in [5.74, 6) is -1.98. The third-order valence-corrected chi connectivity index (χ3v) is 5.87. The maximum Gasteiger partial charge on any atom is 0.338 e. The molecular weight excluding hydrogens is 448 g/mol. The molecule has 1 fully saturated rings. The topological polar surface area (TPSA) is 102 Å². The van der Waals surface area contributed by atoms with Crippen LogP contribution < -0.4 is 15.0 Å². The Hall–Kier alpha value is -3.65. The summed E-state index contributed by atoms with van der Waals surface area (Å²) >= 11 is 5.94. The van der Waals surface area contributed by atoms with Crippen LogP contribution in [0.25, 0.3) is 0 Å². The Bertz CT molecular complexity index is 1120. The molecule has 8 nitrogen and oxygen atoms in total. The standard InChI is InChI=1S/C24H21ClN2O6/c1-32-20-11-8-15(25)12-19(20)26-21(28)13-33-24(31)14-6-9-16(10-7-14)27-22(29)17-4-2-3-5-18(17)23(27)30/h2-3,6-12,17-18H,4-5,13H2,1H3,(H,26,28)/t17-,18-/m0/s1. The van der Waals surface area contributed by atoms with Crippen LogP contribution in [0.3, 0.4) is 0 Å². The molecular formula is C24H21ClN2O6. The summed E-state index contributed by atoms with van der Waals surface area (Å²) in [6, 6.07) is 10.7. The molecule has 0 saturated carbocycles. The van der Waals surface area contributed by atoms with E-state index in [2.05, 4.69) is 5.32 Å². The summed E-state index contributed by atoms with van der Waals surface area (Å²) in [6.45, 7) is -0.518. The SMILES string of the molecule is COc1ccc(Cl)cc1NC(=O)COC(=O)c1ccc(N2C(=O)[C@H]3CC=CC[C@@H]3C2=O)cc1. The first-order valence-corrected chi connectivity index (χ1v) is 10.7. The van der Waals surface area contributed by atoms with E-state index in [9.17, 15) is 19.2 Å². The average molecular weight is 469 g/mol. The van der Waals surface area contributed by atoms with E-state index in [-0.39, 0.29) is 29.2 Å². The van der Waals surface area contributed by atoms with Crippen molar-refractivity contribution in [1.82, 2.24) is 0 Å². The van der Waals surface area contributed by atoms with Crippen LogP contribution in [0, 0.1) is 11.8 Å². The first-order chi connectivity index (χ1) is 15.9. The van der Waals surface area contributed by atoms with Crippen molar-refractivity contribution in [3.63, 3.8) is 0 Å². The molecule has 2 atom stereocenters. The molecule has 3 amide bonds. The number of methoxy groups -OCH3 is 1. The molecule has 0 aromatic heterocycles. The number of amides is 3. The molecule has 0 bridgehead atoms. The zero-order valence-corrected chi connectivity index (χ0v) is 18.5. The van der Waals surface area contributed by atoms with Gasteiger partial charge < -0.3 is 14.8 Å². The molecule has 1 saturated heterocycles. The van der Waals surface area contributed by atoms with Crippen LogP contribution in [0.4, 0.5) is 11.4 Å². The largest absolute Gasteiger partial charge is 0.495 e. The van der Waals surface area contributed by atoms with Crippen LogP contribution in [-0.2, 0) is 19.1 Å². The van der Waals surface area contributed by atoms with Crippen LogP contribution in [0.15, 0.2) is 54.6 Å². The third-order valence-electron chi connectivity index (χ3n) is 5.64. The normalized spacial score (nSPS) is 19.3. The minimum atomic E-state index is -0.716. The Morgan fingerprint density at radius 2 is 1.67 bits per heavy atom. The van der Waals surface area contributed by atoms with Gasteiger partial charge in [0.25, 0.3) is 5.91 Å². The first kappa shape index (κ1) is 22.5. The fourth-order valence-corrected chi connectivity index (χ4v) is 4.15. The number of nitrogens with zero attached hydrogens (tertiary/aromatic N) is 1. The molecule has 0 unspecified atom stereocenters. The number of ether oxygens (including phenoxy) is 2. The van der Waals surface area contributed by atoms with Gasteiger partial charge >= 0.3 is 5.97 Å². The van der Waals surface area contributed by atoms with E-state index in [1.807, 2.05) is 12.2 Å². The second-order valence-corrected chi connectivity index (χ2v) is 8.12. The van der Waals surface area contributed by atoms with Crippen molar-refractivity contribution in [2.24, 2.45) is 11.8 Å². The zero-order valence-electron chi connectivity index (χ0n) is 17.7. The quantitative estimate of drug-likeness (QED) is 0.395. The van der Waals surface area contributed by atoms with Gasteiger partial charge in [-0.05, 0) is 55.3 Å². The lowest BCUT2D eigenvalue weighted by molar-refractivity contribution is -0.122. The molecule has 1 heterocycles. The molecule has 1 aliphatic heterocycles. The van der Waals surface area contributed by atoms with Gasteiger partial charge in [-0.1, -0.05) is 23.8 Å². The minimum absolute atomic E-state index is 0.185. The predicted molar refractivity (Wildman–Crippen MR) is 121 cm³/mol. The lowest BCUT2D eigenvalue weighted by atomic mass is 9.85. The molecule has 2 aromatic rings. The molecule has 9 heteroatoms. The Kier molecular flexibility index (Phi) is 6.46. The highest BCUT2D eigenvalue weighted by atomic mass is 35.5. The Balaban J connectivity index is 1.36. The van der Waals surface area contributed by atoms with E-state index < -0.39 is 18.5 Å². The van der Waals surface area contributed by atoms with Crippen LogP contribution in [-0.4, -0.2) is 37.4 Å². The van der Waals surface area contributed by atoms with Crippen molar-refractivity contribution in [2.45, 2.75) is 12.8 Å². The van der Waals surface area contributed by atoms with Gasteiger partial charge in [0.2, 0.25) is 11.8 Å². The molecule has 0 spiro atoms. The number of esters is 1. The van der Waals surface area contributed by atoms with Crippen LogP contribution in [0.1, 0.15) is 23.2 Å². The molecule has 1 N–H and O–H groups in total. The maximum absolute atomic E-state index is 12.7. The molecule has 0 radical (unpaired) electrons. The number of benzene rings is 2. The number of anilines is 2. The summed E-state index contributed by atoms with van der Waals surface area (Å²) in [4.78, 5) is 51.1. The van der Waals surface area contributed by atoms with E-state index in [0.717, 1.165) is 0 Å². The van der Waals surface area contributed by atoms with Gasteiger partial charge in [0.05, 0.1) is 35.9 Å². The van der Waals surface area contributed by atoms with E-state index in [4.69, 9.17) is 21.1 Å².